The van der Waals surface area contributed by atoms with E-state index in [9.17, 15) is 5.26 Å². The van der Waals surface area contributed by atoms with Crippen molar-refractivity contribution in [3.63, 3.8) is 0 Å². The van der Waals surface area contributed by atoms with Gasteiger partial charge in [-0.2, -0.15) is 5.26 Å². The maximum Gasteiger partial charge on any atom is 0.161 e. The Bertz CT molecular complexity index is 498. The summed E-state index contributed by atoms with van der Waals surface area (Å²) in [5.74, 6) is 1.57. The van der Waals surface area contributed by atoms with Gasteiger partial charge in [-0.15, -0.1) is 0 Å². The van der Waals surface area contributed by atoms with Crippen LogP contribution in [0.4, 0.5) is 0 Å². The largest absolute Gasteiger partial charge is 0.490 e. The molecule has 1 aliphatic rings. The highest BCUT2D eigenvalue weighted by molar-refractivity contribution is 5.39. The van der Waals surface area contributed by atoms with E-state index in [-0.39, 0.29) is 6.10 Å². The SMILES string of the molecule is CCCOc1ccccc1OC1CCCC(C#N)(NC)C1. The van der Waals surface area contributed by atoms with Crippen LogP contribution in [0.1, 0.15) is 39.0 Å². The van der Waals surface area contributed by atoms with Crippen LogP contribution in [0, 0.1) is 11.3 Å². The molecule has 1 N–H and O–H groups in total. The Morgan fingerprint density at radius 1 is 1.38 bits per heavy atom. The van der Waals surface area contributed by atoms with E-state index in [0.717, 1.165) is 37.2 Å². The summed E-state index contributed by atoms with van der Waals surface area (Å²) in [4.78, 5) is 0. The number of nitrogens with zero attached hydrogens (tertiary/aromatic N) is 1. The van der Waals surface area contributed by atoms with Crippen LogP contribution in [0.15, 0.2) is 24.3 Å². The second kappa shape index (κ2) is 7.33. The van der Waals surface area contributed by atoms with E-state index in [2.05, 4.69) is 18.3 Å². The topological polar surface area (TPSA) is 54.3 Å². The molecule has 0 spiro atoms. The van der Waals surface area contributed by atoms with E-state index < -0.39 is 5.54 Å². The van der Waals surface area contributed by atoms with E-state index in [1.807, 2.05) is 31.3 Å². The summed E-state index contributed by atoms with van der Waals surface area (Å²) >= 11 is 0. The minimum Gasteiger partial charge on any atom is -0.490 e. The summed E-state index contributed by atoms with van der Waals surface area (Å²) in [6.07, 6.45) is 4.59. The third kappa shape index (κ3) is 3.89. The predicted octanol–water partition coefficient (Wildman–Crippen LogP) is 3.28. The molecule has 2 atom stereocenters. The third-order valence-corrected chi connectivity index (χ3v) is 4.00. The number of nitrogens with one attached hydrogen (secondary N) is 1. The van der Waals surface area contributed by atoms with Gasteiger partial charge >= 0.3 is 0 Å². The van der Waals surface area contributed by atoms with Crippen molar-refractivity contribution < 1.29 is 9.47 Å². The van der Waals surface area contributed by atoms with E-state index in [4.69, 9.17) is 9.47 Å². The Labute approximate surface area is 127 Å². The molecule has 2 unspecified atom stereocenters. The first-order valence-electron chi connectivity index (χ1n) is 7.71. The lowest BCUT2D eigenvalue weighted by Gasteiger charge is -2.35. The van der Waals surface area contributed by atoms with Gasteiger partial charge in [0, 0.05) is 6.42 Å². The second-order valence-electron chi connectivity index (χ2n) is 5.58. The van der Waals surface area contributed by atoms with Gasteiger partial charge in [-0.05, 0) is 44.9 Å². The van der Waals surface area contributed by atoms with E-state index in [1.165, 1.54) is 0 Å². The molecule has 0 heterocycles. The molecule has 21 heavy (non-hydrogen) atoms. The smallest absolute Gasteiger partial charge is 0.161 e. The van der Waals surface area contributed by atoms with Crippen molar-refractivity contribution in [2.75, 3.05) is 13.7 Å². The molecule has 0 radical (unpaired) electrons. The first-order chi connectivity index (χ1) is 10.2. The van der Waals surface area contributed by atoms with Crippen molar-refractivity contribution in [2.45, 2.75) is 50.7 Å². The summed E-state index contributed by atoms with van der Waals surface area (Å²) in [6.45, 7) is 2.77. The molecule has 1 saturated carbocycles. The Morgan fingerprint density at radius 3 is 2.81 bits per heavy atom. The minimum absolute atomic E-state index is 0.0530. The van der Waals surface area contributed by atoms with Crippen molar-refractivity contribution in [1.29, 1.82) is 5.26 Å². The van der Waals surface area contributed by atoms with Crippen molar-refractivity contribution in [3.05, 3.63) is 24.3 Å². The van der Waals surface area contributed by atoms with Crippen LogP contribution in [0.2, 0.25) is 0 Å². The molecule has 0 aliphatic heterocycles. The highest BCUT2D eigenvalue weighted by Gasteiger charge is 2.36. The van der Waals surface area contributed by atoms with Crippen molar-refractivity contribution in [2.24, 2.45) is 0 Å². The lowest BCUT2D eigenvalue weighted by molar-refractivity contribution is 0.111. The lowest BCUT2D eigenvalue weighted by atomic mass is 9.81. The Hall–Kier alpha value is -1.73. The van der Waals surface area contributed by atoms with E-state index in [1.54, 1.807) is 0 Å². The summed E-state index contributed by atoms with van der Waals surface area (Å²) in [5.41, 5.74) is -0.456. The number of benzene rings is 1. The van der Waals surface area contributed by atoms with Crippen molar-refractivity contribution in [3.8, 4) is 17.6 Å². The first-order valence-corrected chi connectivity index (χ1v) is 7.71. The predicted molar refractivity (Wildman–Crippen MR) is 82.5 cm³/mol. The highest BCUT2D eigenvalue weighted by Crippen LogP contribution is 2.34. The van der Waals surface area contributed by atoms with Crippen molar-refractivity contribution in [1.82, 2.24) is 5.32 Å². The summed E-state index contributed by atoms with van der Waals surface area (Å²) in [7, 11) is 1.85. The summed E-state index contributed by atoms with van der Waals surface area (Å²) < 4.78 is 11.9. The maximum atomic E-state index is 9.40. The van der Waals surface area contributed by atoms with Crippen molar-refractivity contribution >= 4 is 0 Å². The molecule has 0 saturated heterocycles. The van der Waals surface area contributed by atoms with Gasteiger partial charge in [0.25, 0.3) is 0 Å². The molecule has 0 amide bonds. The Balaban J connectivity index is 2.06. The van der Waals surface area contributed by atoms with Crippen LogP contribution in [0.25, 0.3) is 0 Å². The number of ether oxygens (including phenoxy) is 2. The van der Waals surface area contributed by atoms with Gasteiger partial charge in [-0.3, -0.25) is 0 Å². The molecule has 4 nitrogen and oxygen atoms in total. The third-order valence-electron chi connectivity index (χ3n) is 4.00. The fraction of sp³-hybridized carbons (Fsp3) is 0.588. The molecule has 0 aromatic heterocycles. The Morgan fingerprint density at radius 2 is 2.14 bits per heavy atom. The van der Waals surface area contributed by atoms with Crippen LogP contribution in [-0.4, -0.2) is 25.3 Å². The van der Waals surface area contributed by atoms with Crippen LogP contribution in [0.3, 0.4) is 0 Å². The number of para-hydroxylation sites is 2. The first kappa shape index (κ1) is 15.7. The van der Waals surface area contributed by atoms with Gasteiger partial charge in [0.1, 0.15) is 11.6 Å². The zero-order valence-corrected chi connectivity index (χ0v) is 12.9. The standard InChI is InChI=1S/C17H24N2O2/c1-3-11-20-15-8-4-5-9-16(15)21-14-7-6-10-17(12-14,13-18)19-2/h4-5,8-9,14,19H,3,6-7,10-12H2,1-2H3. The number of hydrogen-bond acceptors (Lipinski definition) is 4. The van der Waals surface area contributed by atoms with E-state index >= 15 is 0 Å². The fourth-order valence-electron chi connectivity index (χ4n) is 2.77. The normalized spacial score (nSPS) is 25.1. The molecular weight excluding hydrogens is 264 g/mol. The average Bonchev–Trinajstić information content (AvgIpc) is 2.54. The van der Waals surface area contributed by atoms with Gasteiger partial charge < -0.3 is 14.8 Å². The van der Waals surface area contributed by atoms with Crippen LogP contribution in [0.5, 0.6) is 11.5 Å². The van der Waals surface area contributed by atoms with Gasteiger partial charge in [0.2, 0.25) is 0 Å². The molecular formula is C17H24N2O2. The molecule has 1 aromatic carbocycles. The maximum absolute atomic E-state index is 9.40. The van der Waals surface area contributed by atoms with Crippen LogP contribution in [-0.2, 0) is 0 Å². The average molecular weight is 288 g/mol. The van der Waals surface area contributed by atoms with Gasteiger partial charge in [0.05, 0.1) is 12.7 Å². The summed E-state index contributed by atoms with van der Waals surface area (Å²) in [6, 6.07) is 10.2. The van der Waals surface area contributed by atoms with Crippen LogP contribution < -0.4 is 14.8 Å². The van der Waals surface area contributed by atoms with Crippen LogP contribution >= 0.6 is 0 Å². The molecule has 1 aliphatic carbocycles. The molecule has 1 fully saturated rings. The molecule has 0 bridgehead atoms. The fourth-order valence-corrected chi connectivity index (χ4v) is 2.77. The molecule has 1 aromatic rings. The second-order valence-corrected chi connectivity index (χ2v) is 5.58. The number of nitriles is 1. The molecule has 2 rings (SSSR count). The van der Waals surface area contributed by atoms with E-state index in [0.29, 0.717) is 13.0 Å². The van der Waals surface area contributed by atoms with Gasteiger partial charge in [-0.1, -0.05) is 19.1 Å². The van der Waals surface area contributed by atoms with Gasteiger partial charge in [0.15, 0.2) is 11.5 Å². The molecule has 114 valence electrons. The lowest BCUT2D eigenvalue weighted by Crippen LogP contribution is -2.48. The molecule has 4 heteroatoms. The summed E-state index contributed by atoms with van der Waals surface area (Å²) in [5, 5.41) is 12.6. The zero-order chi connectivity index (χ0) is 15.1. The quantitative estimate of drug-likeness (QED) is 0.873. The Kier molecular flexibility index (Phi) is 5.46. The zero-order valence-electron chi connectivity index (χ0n) is 12.9. The minimum atomic E-state index is -0.456. The number of hydrogen-bond donors (Lipinski definition) is 1. The van der Waals surface area contributed by atoms with Gasteiger partial charge in [-0.25, -0.2) is 0 Å². The monoisotopic (exact) mass is 288 g/mol. The highest BCUT2D eigenvalue weighted by atomic mass is 16.5. The number of rotatable bonds is 6.